The van der Waals surface area contributed by atoms with E-state index in [1.54, 1.807) is 12.1 Å². The highest BCUT2D eigenvalue weighted by Crippen LogP contribution is 2.10. The summed E-state index contributed by atoms with van der Waals surface area (Å²) in [5.41, 5.74) is 6.31. The van der Waals surface area contributed by atoms with Crippen molar-refractivity contribution in [1.29, 1.82) is 0 Å². The lowest BCUT2D eigenvalue weighted by Gasteiger charge is -1.94. The predicted molar refractivity (Wildman–Crippen MR) is 46.8 cm³/mol. The van der Waals surface area contributed by atoms with Crippen LogP contribution in [0.15, 0.2) is 31.4 Å². The molecular weight excluding hydrogens is 141 g/mol. The van der Waals surface area contributed by atoms with Gasteiger partial charge in [0, 0.05) is 0 Å². The molecule has 2 heteroatoms. The van der Waals surface area contributed by atoms with Crippen molar-refractivity contribution in [2.45, 2.75) is 6.92 Å². The molecule has 2 N–H and O–H groups in total. The fraction of sp³-hybridized carbons (Fsp3) is 0.111. The second-order valence-corrected chi connectivity index (χ2v) is 2.02. The van der Waals surface area contributed by atoms with E-state index in [2.05, 4.69) is 13.2 Å². The molecule has 0 aliphatic rings. The Morgan fingerprint density at radius 1 is 1.36 bits per heavy atom. The molecule has 1 aromatic carbocycles. The van der Waals surface area contributed by atoms with Gasteiger partial charge in [0.15, 0.2) is 0 Å². The Morgan fingerprint density at radius 2 is 1.91 bits per heavy atom. The van der Waals surface area contributed by atoms with E-state index in [9.17, 15) is 4.39 Å². The van der Waals surface area contributed by atoms with Crippen LogP contribution in [0.2, 0.25) is 0 Å². The maximum atomic E-state index is 12.5. The molecule has 0 saturated heterocycles. The van der Waals surface area contributed by atoms with Crippen LogP contribution in [0, 0.1) is 12.7 Å². The van der Waals surface area contributed by atoms with Crippen LogP contribution >= 0.6 is 0 Å². The lowest BCUT2D eigenvalue weighted by atomic mass is 10.2. The number of halogens is 1. The number of benzene rings is 1. The van der Waals surface area contributed by atoms with Gasteiger partial charge in [-0.2, -0.15) is 0 Å². The molecule has 0 atom stereocenters. The fourth-order valence-corrected chi connectivity index (χ4v) is 0.632. The van der Waals surface area contributed by atoms with Gasteiger partial charge in [0.1, 0.15) is 5.82 Å². The monoisotopic (exact) mass is 153 g/mol. The van der Waals surface area contributed by atoms with Crippen LogP contribution in [0.1, 0.15) is 5.56 Å². The second kappa shape index (κ2) is 4.50. The average molecular weight is 153 g/mol. The number of aryl methyl sites for hydroxylation is 1. The van der Waals surface area contributed by atoms with Crippen LogP contribution in [0.3, 0.4) is 0 Å². The molecule has 0 unspecified atom stereocenters. The van der Waals surface area contributed by atoms with Crippen LogP contribution in [-0.2, 0) is 0 Å². The van der Waals surface area contributed by atoms with Gasteiger partial charge < -0.3 is 5.73 Å². The molecule has 0 spiro atoms. The number of anilines is 1. The highest BCUT2D eigenvalue weighted by Gasteiger charge is 1.94. The molecule has 0 amide bonds. The van der Waals surface area contributed by atoms with E-state index < -0.39 is 0 Å². The lowest BCUT2D eigenvalue weighted by Crippen LogP contribution is -1.89. The van der Waals surface area contributed by atoms with E-state index in [0.29, 0.717) is 0 Å². The second-order valence-electron chi connectivity index (χ2n) is 2.02. The Morgan fingerprint density at radius 3 is 2.27 bits per heavy atom. The van der Waals surface area contributed by atoms with Gasteiger partial charge in [-0.3, -0.25) is 0 Å². The normalized spacial score (nSPS) is 8.18. The zero-order valence-corrected chi connectivity index (χ0v) is 6.60. The van der Waals surface area contributed by atoms with Gasteiger partial charge >= 0.3 is 0 Å². The third-order valence-corrected chi connectivity index (χ3v) is 1.16. The van der Waals surface area contributed by atoms with Crippen LogP contribution in [0.25, 0.3) is 0 Å². The topological polar surface area (TPSA) is 26.0 Å². The van der Waals surface area contributed by atoms with Crippen molar-refractivity contribution in [2.75, 3.05) is 5.73 Å². The van der Waals surface area contributed by atoms with Crippen LogP contribution < -0.4 is 5.73 Å². The van der Waals surface area contributed by atoms with Gasteiger partial charge in [-0.25, -0.2) is 4.39 Å². The van der Waals surface area contributed by atoms with Gasteiger partial charge in [0.25, 0.3) is 0 Å². The van der Waals surface area contributed by atoms with Crippen molar-refractivity contribution in [3.05, 3.63) is 42.7 Å². The predicted octanol–water partition coefficient (Wildman–Crippen LogP) is 2.52. The molecule has 0 aliphatic heterocycles. The van der Waals surface area contributed by atoms with Crippen molar-refractivity contribution in [2.24, 2.45) is 0 Å². The highest BCUT2D eigenvalue weighted by molar-refractivity contribution is 5.40. The van der Waals surface area contributed by atoms with Gasteiger partial charge in [-0.15, -0.1) is 13.2 Å². The molecule has 0 aromatic heterocycles. The van der Waals surface area contributed by atoms with Crippen molar-refractivity contribution < 1.29 is 4.39 Å². The Balaban J connectivity index is 0.000000461. The minimum Gasteiger partial charge on any atom is -0.396 e. The molecule has 0 saturated carbocycles. The van der Waals surface area contributed by atoms with Gasteiger partial charge in [-0.05, 0) is 24.6 Å². The number of rotatable bonds is 0. The average Bonchev–Trinajstić information content (AvgIpc) is 2.02. The smallest absolute Gasteiger partial charge is 0.146 e. The van der Waals surface area contributed by atoms with Gasteiger partial charge in [0.05, 0.1) is 5.69 Å². The van der Waals surface area contributed by atoms with Gasteiger partial charge in [-0.1, -0.05) is 6.07 Å². The maximum Gasteiger partial charge on any atom is 0.146 e. The quantitative estimate of drug-likeness (QED) is 0.450. The first-order valence-electron chi connectivity index (χ1n) is 3.22. The number of hydrogen-bond donors (Lipinski definition) is 1. The van der Waals surface area contributed by atoms with Crippen LogP contribution in [0.4, 0.5) is 10.1 Å². The zero-order chi connectivity index (χ0) is 8.85. The Bertz CT molecular complexity index is 233. The molecular formula is C9H12FN. The summed E-state index contributed by atoms with van der Waals surface area (Å²) in [6.07, 6.45) is 0. The summed E-state index contributed by atoms with van der Waals surface area (Å²) in [6, 6.07) is 4.75. The third kappa shape index (κ3) is 2.85. The van der Waals surface area contributed by atoms with Crippen molar-refractivity contribution in [1.82, 2.24) is 0 Å². The molecule has 0 radical (unpaired) electrons. The lowest BCUT2D eigenvalue weighted by molar-refractivity contribution is 0.631. The van der Waals surface area contributed by atoms with E-state index in [1.165, 1.54) is 6.07 Å². The fourth-order valence-electron chi connectivity index (χ4n) is 0.632. The molecule has 1 rings (SSSR count). The molecule has 0 bridgehead atoms. The molecule has 1 nitrogen and oxygen atoms in total. The Labute approximate surface area is 66.3 Å². The Hall–Kier alpha value is -1.31. The summed E-state index contributed by atoms with van der Waals surface area (Å²) in [5.74, 6) is -0.338. The summed E-state index contributed by atoms with van der Waals surface area (Å²) < 4.78 is 12.5. The first-order chi connectivity index (χ1) is 5.20. The van der Waals surface area contributed by atoms with Crippen LogP contribution in [0.5, 0.6) is 0 Å². The van der Waals surface area contributed by atoms with E-state index in [0.717, 1.165) is 5.56 Å². The standard InChI is InChI=1S/C7H8FN.C2H4/c1-5-2-3-7(9)6(8)4-5;1-2/h2-4H,9H2,1H3;1-2H2. The van der Waals surface area contributed by atoms with Gasteiger partial charge in [0.2, 0.25) is 0 Å². The third-order valence-electron chi connectivity index (χ3n) is 1.16. The van der Waals surface area contributed by atoms with Crippen molar-refractivity contribution in [3.8, 4) is 0 Å². The molecule has 60 valence electrons. The van der Waals surface area contributed by atoms with E-state index in [1.807, 2.05) is 6.92 Å². The maximum absolute atomic E-state index is 12.5. The number of hydrogen-bond acceptors (Lipinski definition) is 1. The first-order valence-corrected chi connectivity index (χ1v) is 3.22. The number of nitrogens with two attached hydrogens (primary N) is 1. The molecule has 0 aliphatic carbocycles. The minimum atomic E-state index is -0.338. The largest absolute Gasteiger partial charge is 0.396 e. The van der Waals surface area contributed by atoms with E-state index in [4.69, 9.17) is 5.73 Å². The summed E-state index contributed by atoms with van der Waals surface area (Å²) in [4.78, 5) is 0. The summed E-state index contributed by atoms with van der Waals surface area (Å²) in [6.45, 7) is 7.82. The summed E-state index contributed by atoms with van der Waals surface area (Å²) in [5, 5.41) is 0. The molecule has 11 heavy (non-hydrogen) atoms. The number of nitrogen functional groups attached to an aromatic ring is 1. The highest BCUT2D eigenvalue weighted by atomic mass is 19.1. The van der Waals surface area contributed by atoms with E-state index >= 15 is 0 Å². The Kier molecular flexibility index (Phi) is 3.96. The molecule has 1 aromatic rings. The van der Waals surface area contributed by atoms with E-state index in [-0.39, 0.29) is 11.5 Å². The first kappa shape index (κ1) is 9.69. The minimum absolute atomic E-state index is 0.209. The molecule has 0 heterocycles. The SMILES string of the molecule is C=C.Cc1ccc(N)c(F)c1. The van der Waals surface area contributed by atoms with Crippen molar-refractivity contribution >= 4 is 5.69 Å². The summed E-state index contributed by atoms with van der Waals surface area (Å²) >= 11 is 0. The van der Waals surface area contributed by atoms with Crippen molar-refractivity contribution in [3.63, 3.8) is 0 Å². The van der Waals surface area contributed by atoms with Crippen LogP contribution in [-0.4, -0.2) is 0 Å². The molecule has 0 fully saturated rings. The summed E-state index contributed by atoms with van der Waals surface area (Å²) in [7, 11) is 0. The zero-order valence-electron chi connectivity index (χ0n) is 6.60.